The lowest BCUT2D eigenvalue weighted by molar-refractivity contribution is 0.525. The third kappa shape index (κ3) is 4.61. The van der Waals surface area contributed by atoms with E-state index in [1.807, 2.05) is 12.1 Å². The normalized spacial score (nSPS) is 22.2. The zero-order valence-electron chi connectivity index (χ0n) is 16.3. The molecule has 0 aliphatic carbocycles. The second-order valence-corrected chi connectivity index (χ2v) is 12.6. The maximum Gasteiger partial charge on any atom is 0.183 e. The summed E-state index contributed by atoms with van der Waals surface area (Å²) < 4.78 is 50.8. The second kappa shape index (κ2) is 7.57. The number of sulfone groups is 2. The Kier molecular flexibility index (Phi) is 5.67. The molecule has 0 saturated carbocycles. The van der Waals surface area contributed by atoms with Crippen LogP contribution in [-0.2, 0) is 31.6 Å². The molecule has 1 fully saturated rings. The maximum absolute atomic E-state index is 13.2. The monoisotopic (exact) mass is 422 g/mol. The summed E-state index contributed by atoms with van der Waals surface area (Å²) in [7, 11) is -7.21. The molecule has 6 nitrogen and oxygen atoms in total. The van der Waals surface area contributed by atoms with E-state index in [4.69, 9.17) is 0 Å². The van der Waals surface area contributed by atoms with Crippen molar-refractivity contribution in [2.75, 3.05) is 11.5 Å². The van der Waals surface area contributed by atoms with Crippen molar-refractivity contribution in [3.05, 3.63) is 59.9 Å². The summed E-state index contributed by atoms with van der Waals surface area (Å²) in [5, 5.41) is 2.13. The highest BCUT2D eigenvalue weighted by Gasteiger charge is 2.45. The first-order valence-electron chi connectivity index (χ1n) is 9.16. The molecule has 2 aromatic rings. The lowest BCUT2D eigenvalue weighted by Crippen LogP contribution is -2.43. The van der Waals surface area contributed by atoms with Crippen LogP contribution in [0.5, 0.6) is 0 Å². The van der Waals surface area contributed by atoms with E-state index in [1.54, 1.807) is 36.7 Å². The fourth-order valence-corrected chi connectivity index (χ4v) is 8.10. The van der Waals surface area contributed by atoms with E-state index in [9.17, 15) is 16.8 Å². The molecule has 1 N–H and O–H groups in total. The maximum atomic E-state index is 13.2. The number of nitrogens with one attached hydrogen (secondary N) is 1. The Bertz CT molecular complexity index is 1030. The Labute approximate surface area is 167 Å². The van der Waals surface area contributed by atoms with Gasteiger partial charge in [-0.1, -0.05) is 32.9 Å². The van der Waals surface area contributed by atoms with Gasteiger partial charge in [0.15, 0.2) is 19.7 Å². The Morgan fingerprint density at radius 2 is 1.64 bits per heavy atom. The van der Waals surface area contributed by atoms with Crippen molar-refractivity contribution < 1.29 is 16.8 Å². The van der Waals surface area contributed by atoms with Crippen molar-refractivity contribution in [3.63, 3.8) is 0 Å². The molecule has 0 unspecified atom stereocenters. The summed E-state index contributed by atoms with van der Waals surface area (Å²) in [6.07, 6.45) is 3.29. The molecule has 8 heteroatoms. The minimum atomic E-state index is -3.78. The Morgan fingerprint density at radius 3 is 2.21 bits per heavy atom. The van der Waals surface area contributed by atoms with Crippen molar-refractivity contribution in [1.29, 1.82) is 0 Å². The van der Waals surface area contributed by atoms with Gasteiger partial charge in [0.2, 0.25) is 0 Å². The highest BCUT2D eigenvalue weighted by atomic mass is 32.2. The predicted molar refractivity (Wildman–Crippen MR) is 110 cm³/mol. The number of nitrogens with zero attached hydrogens (tertiary/aromatic N) is 1. The van der Waals surface area contributed by atoms with Gasteiger partial charge in [-0.3, -0.25) is 4.98 Å². The summed E-state index contributed by atoms with van der Waals surface area (Å²) in [4.78, 5) is 4.11. The van der Waals surface area contributed by atoms with Gasteiger partial charge in [-0.2, -0.15) is 0 Å². The average Bonchev–Trinajstić information content (AvgIpc) is 2.96. The minimum Gasteiger partial charge on any atom is -0.308 e. The molecule has 28 heavy (non-hydrogen) atoms. The lowest BCUT2D eigenvalue weighted by atomic mass is 9.87. The van der Waals surface area contributed by atoms with Gasteiger partial charge >= 0.3 is 0 Å². The Morgan fingerprint density at radius 1 is 1.04 bits per heavy atom. The molecular formula is C20H26N2O4S2. The van der Waals surface area contributed by atoms with E-state index in [1.165, 1.54) is 0 Å². The summed E-state index contributed by atoms with van der Waals surface area (Å²) in [6.45, 7) is 6.55. The zero-order valence-corrected chi connectivity index (χ0v) is 17.9. The van der Waals surface area contributed by atoms with Gasteiger partial charge in [-0.25, -0.2) is 16.8 Å². The van der Waals surface area contributed by atoms with Crippen LogP contribution in [0.25, 0.3) is 0 Å². The number of hydrogen-bond acceptors (Lipinski definition) is 6. The minimum absolute atomic E-state index is 0.0897. The van der Waals surface area contributed by atoms with Crippen LogP contribution in [-0.4, -0.2) is 44.6 Å². The fraction of sp³-hybridized carbons (Fsp3) is 0.450. The smallest absolute Gasteiger partial charge is 0.183 e. The van der Waals surface area contributed by atoms with E-state index >= 15 is 0 Å². The molecule has 0 amide bonds. The molecule has 1 aromatic heterocycles. The molecule has 2 heterocycles. The molecule has 1 aliphatic heterocycles. The van der Waals surface area contributed by atoms with Crippen LogP contribution in [0.3, 0.4) is 0 Å². The topological polar surface area (TPSA) is 93.2 Å². The average molecular weight is 423 g/mol. The van der Waals surface area contributed by atoms with Crippen LogP contribution in [0.2, 0.25) is 0 Å². The highest BCUT2D eigenvalue weighted by Crippen LogP contribution is 2.28. The zero-order chi connectivity index (χ0) is 20.6. The van der Waals surface area contributed by atoms with Crippen LogP contribution in [0.15, 0.2) is 53.7 Å². The molecule has 2 atom stereocenters. The summed E-state index contributed by atoms with van der Waals surface area (Å²) >= 11 is 0. The fourth-order valence-electron chi connectivity index (χ4n) is 3.38. The van der Waals surface area contributed by atoms with Crippen molar-refractivity contribution in [2.24, 2.45) is 0 Å². The summed E-state index contributed by atoms with van der Waals surface area (Å²) in [5.41, 5.74) is 1.86. The van der Waals surface area contributed by atoms with E-state index in [-0.39, 0.29) is 21.8 Å². The summed E-state index contributed by atoms with van der Waals surface area (Å²) in [5.74, 6) is -0.535. The van der Waals surface area contributed by atoms with Gasteiger partial charge in [0.05, 0.1) is 21.7 Å². The van der Waals surface area contributed by atoms with Crippen LogP contribution in [0.1, 0.15) is 31.9 Å². The first-order valence-corrected chi connectivity index (χ1v) is 12.5. The number of hydrogen-bond donors (Lipinski definition) is 1. The third-order valence-corrected chi connectivity index (χ3v) is 9.23. The standard InChI is InChI=1S/C20H26N2O4S2/c1-20(2,3)16-4-6-17(7-5-16)28(25,26)19-14-27(23,24)13-18(19)22-12-15-8-10-21-11-9-15/h4-11,18-19,22H,12-14H2,1-3H3/t18-,19-/m0/s1. The molecule has 1 aromatic carbocycles. The molecule has 0 spiro atoms. The molecular weight excluding hydrogens is 396 g/mol. The van der Waals surface area contributed by atoms with Gasteiger partial charge in [-0.15, -0.1) is 0 Å². The largest absolute Gasteiger partial charge is 0.308 e. The van der Waals surface area contributed by atoms with Gasteiger partial charge in [0, 0.05) is 25.0 Å². The lowest BCUT2D eigenvalue weighted by Gasteiger charge is -2.22. The molecule has 1 saturated heterocycles. The molecule has 1 aliphatic rings. The van der Waals surface area contributed by atoms with Crippen LogP contribution in [0, 0.1) is 0 Å². The number of aromatic nitrogens is 1. The molecule has 0 bridgehead atoms. The van der Waals surface area contributed by atoms with E-state index < -0.39 is 31.0 Å². The van der Waals surface area contributed by atoms with Gasteiger partial charge in [0.25, 0.3) is 0 Å². The van der Waals surface area contributed by atoms with E-state index in [2.05, 4.69) is 31.1 Å². The number of benzene rings is 1. The second-order valence-electron chi connectivity index (χ2n) is 8.28. The van der Waals surface area contributed by atoms with E-state index in [0.29, 0.717) is 6.54 Å². The van der Waals surface area contributed by atoms with Crippen LogP contribution < -0.4 is 5.32 Å². The summed E-state index contributed by atoms with van der Waals surface area (Å²) in [6, 6.07) is 9.74. The van der Waals surface area contributed by atoms with Gasteiger partial charge in [0.1, 0.15) is 0 Å². The highest BCUT2D eigenvalue weighted by molar-refractivity contribution is 7.96. The van der Waals surface area contributed by atoms with Crippen LogP contribution >= 0.6 is 0 Å². The molecule has 3 rings (SSSR count). The quantitative estimate of drug-likeness (QED) is 0.793. The predicted octanol–water partition coefficient (Wildman–Crippen LogP) is 2.11. The van der Waals surface area contributed by atoms with Gasteiger partial charge in [-0.05, 0) is 40.8 Å². The van der Waals surface area contributed by atoms with Crippen molar-refractivity contribution in [3.8, 4) is 0 Å². The number of rotatable bonds is 5. The molecule has 0 radical (unpaired) electrons. The van der Waals surface area contributed by atoms with Crippen LogP contribution in [0.4, 0.5) is 0 Å². The number of pyridine rings is 1. The van der Waals surface area contributed by atoms with Crippen molar-refractivity contribution >= 4 is 19.7 Å². The van der Waals surface area contributed by atoms with E-state index in [0.717, 1.165) is 11.1 Å². The molecule has 152 valence electrons. The Balaban J connectivity index is 1.85. The van der Waals surface area contributed by atoms with Crippen molar-refractivity contribution in [2.45, 2.75) is 48.9 Å². The van der Waals surface area contributed by atoms with Gasteiger partial charge < -0.3 is 5.32 Å². The Hall–Kier alpha value is -1.77. The first-order chi connectivity index (χ1) is 13.0. The SMILES string of the molecule is CC(C)(C)c1ccc(S(=O)(=O)[C@H]2CS(=O)(=O)C[C@@H]2NCc2ccncc2)cc1. The van der Waals surface area contributed by atoms with Crippen molar-refractivity contribution in [1.82, 2.24) is 10.3 Å². The first kappa shape index (κ1) is 21.0. The third-order valence-electron chi connectivity index (χ3n) is 5.07.